The van der Waals surface area contributed by atoms with Crippen molar-refractivity contribution in [1.29, 1.82) is 0 Å². The maximum atomic E-state index is 4.37. The zero-order valence-electron chi connectivity index (χ0n) is 6.14. The minimum Gasteiger partial charge on any atom is -0.237 e. The Morgan fingerprint density at radius 2 is 2.30 bits per heavy atom. The van der Waals surface area contributed by atoms with Crippen LogP contribution in [0.2, 0.25) is 0 Å². The lowest BCUT2D eigenvalue weighted by molar-refractivity contribution is 0.645. The van der Waals surface area contributed by atoms with Crippen LogP contribution in [0.5, 0.6) is 0 Å². The highest BCUT2D eigenvalue weighted by molar-refractivity contribution is 5.31. The molecule has 1 aliphatic heterocycles. The smallest absolute Gasteiger partial charge is 0.0349 e. The predicted molar refractivity (Wildman–Crippen MR) is 41.9 cm³/mol. The standard InChI is InChI=1S/C9H12N/c1-2-4-9-7-10-6-5-8(9)3-1/h1,3H,2,4-7H2. The van der Waals surface area contributed by atoms with Gasteiger partial charge >= 0.3 is 0 Å². The van der Waals surface area contributed by atoms with E-state index in [9.17, 15) is 0 Å². The molecule has 0 bridgehead atoms. The number of hydrogen-bond donors (Lipinski definition) is 0. The Hall–Kier alpha value is -0.560. The molecule has 0 aromatic heterocycles. The van der Waals surface area contributed by atoms with Crippen LogP contribution in [0.15, 0.2) is 23.3 Å². The Balaban J connectivity index is 2.23. The van der Waals surface area contributed by atoms with Crippen molar-refractivity contribution in [1.82, 2.24) is 5.32 Å². The van der Waals surface area contributed by atoms with Gasteiger partial charge in [-0.25, -0.2) is 5.32 Å². The Kier molecular flexibility index (Phi) is 1.60. The predicted octanol–water partition coefficient (Wildman–Crippen LogP) is 1.64. The third-order valence-electron chi connectivity index (χ3n) is 2.23. The van der Waals surface area contributed by atoms with E-state index in [4.69, 9.17) is 0 Å². The first-order valence-corrected chi connectivity index (χ1v) is 3.97. The van der Waals surface area contributed by atoms with E-state index in [2.05, 4.69) is 17.5 Å². The fraction of sp³-hybridized carbons (Fsp3) is 0.556. The van der Waals surface area contributed by atoms with E-state index in [1.807, 2.05) is 0 Å². The van der Waals surface area contributed by atoms with Crippen LogP contribution in [0.25, 0.3) is 0 Å². The summed E-state index contributed by atoms with van der Waals surface area (Å²) in [5.41, 5.74) is 3.16. The average Bonchev–Trinajstić information content (AvgIpc) is 2.05. The van der Waals surface area contributed by atoms with Crippen molar-refractivity contribution in [2.24, 2.45) is 0 Å². The molecular weight excluding hydrogens is 122 g/mol. The molecule has 2 rings (SSSR count). The Labute approximate surface area is 61.8 Å². The molecule has 0 aromatic carbocycles. The number of nitrogens with zero attached hydrogens (tertiary/aromatic N) is 1. The molecule has 0 aromatic rings. The molecule has 1 aliphatic carbocycles. The van der Waals surface area contributed by atoms with Crippen molar-refractivity contribution in [3.8, 4) is 0 Å². The summed E-state index contributed by atoms with van der Waals surface area (Å²) in [6.07, 6.45) is 8.24. The third-order valence-corrected chi connectivity index (χ3v) is 2.23. The lowest BCUT2D eigenvalue weighted by Crippen LogP contribution is -2.19. The maximum absolute atomic E-state index is 4.37. The third kappa shape index (κ3) is 1.01. The van der Waals surface area contributed by atoms with E-state index < -0.39 is 0 Å². The van der Waals surface area contributed by atoms with Gasteiger partial charge in [-0.05, 0) is 24.8 Å². The molecule has 0 saturated carbocycles. The summed E-state index contributed by atoms with van der Waals surface area (Å²) in [7, 11) is 0. The molecule has 0 spiro atoms. The van der Waals surface area contributed by atoms with Crippen LogP contribution in [0.4, 0.5) is 0 Å². The Morgan fingerprint density at radius 3 is 3.20 bits per heavy atom. The molecule has 0 saturated heterocycles. The molecule has 0 amide bonds. The Bertz CT molecular complexity index is 189. The average molecular weight is 134 g/mol. The molecule has 2 aliphatic rings. The van der Waals surface area contributed by atoms with Crippen LogP contribution in [0.3, 0.4) is 0 Å². The van der Waals surface area contributed by atoms with Crippen LogP contribution in [0.1, 0.15) is 19.3 Å². The summed E-state index contributed by atoms with van der Waals surface area (Å²) in [6.45, 7) is 2.06. The van der Waals surface area contributed by atoms with E-state index >= 15 is 0 Å². The van der Waals surface area contributed by atoms with Gasteiger partial charge in [-0.1, -0.05) is 17.7 Å². The van der Waals surface area contributed by atoms with Crippen LogP contribution < -0.4 is 5.32 Å². The lowest BCUT2D eigenvalue weighted by atomic mass is 9.93. The van der Waals surface area contributed by atoms with E-state index in [1.54, 1.807) is 11.1 Å². The number of rotatable bonds is 0. The molecule has 0 fully saturated rings. The molecule has 1 heteroatoms. The highest BCUT2D eigenvalue weighted by atomic mass is 14.9. The van der Waals surface area contributed by atoms with Gasteiger partial charge in [0.1, 0.15) is 0 Å². The molecule has 1 heterocycles. The summed E-state index contributed by atoms with van der Waals surface area (Å²) < 4.78 is 0. The van der Waals surface area contributed by atoms with Crippen LogP contribution >= 0.6 is 0 Å². The van der Waals surface area contributed by atoms with E-state index in [0.29, 0.717) is 0 Å². The van der Waals surface area contributed by atoms with Crippen molar-refractivity contribution >= 4 is 0 Å². The summed E-state index contributed by atoms with van der Waals surface area (Å²) in [6, 6.07) is 0. The Morgan fingerprint density at radius 1 is 1.30 bits per heavy atom. The summed E-state index contributed by atoms with van der Waals surface area (Å²) in [5.74, 6) is 0. The zero-order valence-corrected chi connectivity index (χ0v) is 6.14. The van der Waals surface area contributed by atoms with Crippen molar-refractivity contribution in [2.45, 2.75) is 19.3 Å². The van der Waals surface area contributed by atoms with Gasteiger partial charge in [0.2, 0.25) is 0 Å². The number of hydrogen-bond acceptors (Lipinski definition) is 0. The summed E-state index contributed by atoms with van der Waals surface area (Å²) in [4.78, 5) is 0. The van der Waals surface area contributed by atoms with Gasteiger partial charge < -0.3 is 0 Å². The monoisotopic (exact) mass is 134 g/mol. The van der Waals surface area contributed by atoms with Crippen LogP contribution in [-0.2, 0) is 0 Å². The topological polar surface area (TPSA) is 14.1 Å². The second-order valence-corrected chi connectivity index (χ2v) is 2.93. The first kappa shape index (κ1) is 6.17. The molecule has 1 radical (unpaired) electrons. The molecule has 0 unspecified atom stereocenters. The van der Waals surface area contributed by atoms with Crippen molar-refractivity contribution in [3.63, 3.8) is 0 Å². The molecule has 10 heavy (non-hydrogen) atoms. The van der Waals surface area contributed by atoms with Crippen LogP contribution in [-0.4, -0.2) is 13.1 Å². The van der Waals surface area contributed by atoms with Gasteiger partial charge in [0.05, 0.1) is 0 Å². The second kappa shape index (κ2) is 2.59. The molecule has 1 nitrogen and oxygen atoms in total. The minimum atomic E-state index is 1.01. The van der Waals surface area contributed by atoms with Gasteiger partial charge in [-0.15, -0.1) is 0 Å². The minimum absolute atomic E-state index is 1.01. The number of allylic oxidation sites excluding steroid dienone is 2. The SMILES string of the molecule is C1=CC2=C(CC1)C[N]CC2. The normalized spacial score (nSPS) is 24.8. The highest BCUT2D eigenvalue weighted by Gasteiger charge is 2.12. The zero-order chi connectivity index (χ0) is 6.81. The fourth-order valence-corrected chi connectivity index (χ4v) is 1.62. The first-order valence-electron chi connectivity index (χ1n) is 3.97. The van der Waals surface area contributed by atoms with E-state index in [1.165, 1.54) is 19.3 Å². The van der Waals surface area contributed by atoms with Gasteiger partial charge in [0, 0.05) is 13.1 Å². The van der Waals surface area contributed by atoms with E-state index in [-0.39, 0.29) is 0 Å². The highest BCUT2D eigenvalue weighted by Crippen LogP contribution is 2.23. The lowest BCUT2D eigenvalue weighted by Gasteiger charge is -2.20. The summed E-state index contributed by atoms with van der Waals surface area (Å²) >= 11 is 0. The van der Waals surface area contributed by atoms with Crippen molar-refractivity contribution < 1.29 is 0 Å². The van der Waals surface area contributed by atoms with E-state index in [0.717, 1.165) is 13.1 Å². The van der Waals surface area contributed by atoms with Gasteiger partial charge in [-0.3, -0.25) is 0 Å². The van der Waals surface area contributed by atoms with Gasteiger partial charge in [0.15, 0.2) is 0 Å². The van der Waals surface area contributed by atoms with Crippen molar-refractivity contribution in [3.05, 3.63) is 23.3 Å². The molecular formula is C9H12N. The fourth-order valence-electron chi connectivity index (χ4n) is 1.62. The summed E-state index contributed by atoms with van der Waals surface area (Å²) in [5, 5.41) is 4.37. The first-order chi connectivity index (χ1) is 4.97. The van der Waals surface area contributed by atoms with Crippen molar-refractivity contribution in [2.75, 3.05) is 13.1 Å². The molecule has 53 valence electrons. The molecule has 0 N–H and O–H groups in total. The maximum Gasteiger partial charge on any atom is 0.0349 e. The van der Waals surface area contributed by atoms with Gasteiger partial charge in [-0.2, -0.15) is 0 Å². The molecule has 0 atom stereocenters. The largest absolute Gasteiger partial charge is 0.237 e. The van der Waals surface area contributed by atoms with Gasteiger partial charge in [0.25, 0.3) is 0 Å². The second-order valence-electron chi connectivity index (χ2n) is 2.93. The quantitative estimate of drug-likeness (QED) is 0.478. The van der Waals surface area contributed by atoms with Crippen LogP contribution in [0, 0.1) is 0 Å².